The third-order valence-electron chi connectivity index (χ3n) is 4.26. The van der Waals surface area contributed by atoms with Crippen LogP contribution in [0.3, 0.4) is 0 Å². The first-order chi connectivity index (χ1) is 13.9. The number of nitrogens with one attached hydrogen (secondary N) is 2. The number of carbonyl (C=O) groups excluding carboxylic acids is 2. The lowest BCUT2D eigenvalue weighted by molar-refractivity contribution is -0.115. The second-order valence-electron chi connectivity index (χ2n) is 6.56. The Labute approximate surface area is 179 Å². The number of thioether (sulfide) groups is 1. The third-order valence-corrected chi connectivity index (χ3v) is 5.58. The van der Waals surface area contributed by atoms with Crippen LogP contribution in [-0.2, 0) is 4.79 Å². The van der Waals surface area contributed by atoms with E-state index >= 15 is 0 Å². The van der Waals surface area contributed by atoms with Crippen LogP contribution in [0.4, 0.5) is 11.4 Å². The zero-order chi connectivity index (χ0) is 20.8. The maximum absolute atomic E-state index is 12.5. The molecule has 6 heteroatoms. The summed E-state index contributed by atoms with van der Waals surface area (Å²) in [4.78, 5) is 25.9. The second kappa shape index (κ2) is 9.63. The van der Waals surface area contributed by atoms with Gasteiger partial charge in [-0.25, -0.2) is 0 Å². The van der Waals surface area contributed by atoms with Crippen molar-refractivity contribution >= 4 is 46.6 Å². The molecule has 3 aromatic carbocycles. The van der Waals surface area contributed by atoms with Gasteiger partial charge in [-0.1, -0.05) is 41.9 Å². The van der Waals surface area contributed by atoms with Crippen LogP contribution >= 0.6 is 23.4 Å². The van der Waals surface area contributed by atoms with E-state index in [0.29, 0.717) is 22.0 Å². The van der Waals surface area contributed by atoms with Gasteiger partial charge in [0.1, 0.15) is 0 Å². The molecule has 0 aromatic heterocycles. The van der Waals surface area contributed by atoms with Crippen molar-refractivity contribution in [2.24, 2.45) is 0 Å². The Hall–Kier alpha value is -2.76. The smallest absolute Gasteiger partial charge is 0.255 e. The van der Waals surface area contributed by atoms with Crippen LogP contribution in [0.5, 0.6) is 0 Å². The minimum absolute atomic E-state index is 0.119. The molecular weight excluding hydrogens is 404 g/mol. The average molecular weight is 425 g/mol. The molecule has 0 radical (unpaired) electrons. The number of hydrogen-bond acceptors (Lipinski definition) is 3. The predicted octanol–water partition coefficient (Wildman–Crippen LogP) is 6.02. The minimum Gasteiger partial charge on any atom is -0.325 e. The van der Waals surface area contributed by atoms with E-state index in [4.69, 9.17) is 11.6 Å². The lowest BCUT2D eigenvalue weighted by Crippen LogP contribution is -2.22. The summed E-state index contributed by atoms with van der Waals surface area (Å²) < 4.78 is 0. The van der Waals surface area contributed by atoms with E-state index in [1.165, 1.54) is 11.8 Å². The molecule has 0 aliphatic rings. The topological polar surface area (TPSA) is 58.2 Å². The molecule has 2 amide bonds. The number of hydrogen-bond donors (Lipinski definition) is 2. The highest BCUT2D eigenvalue weighted by molar-refractivity contribution is 8.00. The number of aryl methyl sites for hydroxylation is 1. The normalized spacial score (nSPS) is 11.6. The molecule has 1 unspecified atom stereocenters. The van der Waals surface area contributed by atoms with Crippen LogP contribution in [-0.4, -0.2) is 17.1 Å². The lowest BCUT2D eigenvalue weighted by Gasteiger charge is -2.13. The fourth-order valence-electron chi connectivity index (χ4n) is 2.74. The summed E-state index contributed by atoms with van der Waals surface area (Å²) in [5.74, 6) is -0.274. The van der Waals surface area contributed by atoms with Gasteiger partial charge < -0.3 is 10.6 Å². The van der Waals surface area contributed by atoms with Gasteiger partial charge >= 0.3 is 0 Å². The Morgan fingerprint density at radius 3 is 2.31 bits per heavy atom. The van der Waals surface area contributed by atoms with E-state index in [1.54, 1.807) is 30.3 Å². The molecule has 0 spiro atoms. The van der Waals surface area contributed by atoms with E-state index in [-0.39, 0.29) is 17.1 Å². The molecule has 2 N–H and O–H groups in total. The van der Waals surface area contributed by atoms with Crippen molar-refractivity contribution in [1.29, 1.82) is 0 Å². The number of carbonyl (C=O) groups is 2. The van der Waals surface area contributed by atoms with Crippen molar-refractivity contribution in [3.63, 3.8) is 0 Å². The highest BCUT2D eigenvalue weighted by Gasteiger charge is 2.15. The predicted molar refractivity (Wildman–Crippen MR) is 121 cm³/mol. The molecule has 1 atom stereocenters. The molecule has 3 rings (SSSR count). The molecule has 0 aliphatic carbocycles. The summed E-state index contributed by atoms with van der Waals surface area (Å²) in [5, 5.41) is 6.03. The van der Waals surface area contributed by atoms with E-state index in [2.05, 4.69) is 10.6 Å². The minimum atomic E-state index is -0.323. The monoisotopic (exact) mass is 424 g/mol. The van der Waals surface area contributed by atoms with Crippen molar-refractivity contribution in [3.8, 4) is 0 Å². The van der Waals surface area contributed by atoms with Crippen LogP contribution in [0.25, 0.3) is 0 Å². The van der Waals surface area contributed by atoms with Crippen molar-refractivity contribution in [3.05, 3.63) is 88.9 Å². The van der Waals surface area contributed by atoms with Gasteiger partial charge in [0.15, 0.2) is 0 Å². The highest BCUT2D eigenvalue weighted by Crippen LogP contribution is 2.27. The van der Waals surface area contributed by atoms with E-state index < -0.39 is 0 Å². The standard InChI is InChI=1S/C23H21ClN2O2S/c1-15-7-3-4-12-21(15)23(28)26-19-10-6-11-20(14-19)29-16(2)22(27)25-18-9-5-8-17(24)13-18/h3-14,16H,1-2H3,(H,25,27)(H,26,28). The molecule has 0 saturated carbocycles. The van der Waals surface area contributed by atoms with Gasteiger partial charge in [0, 0.05) is 26.9 Å². The summed E-state index contributed by atoms with van der Waals surface area (Å²) in [6.45, 7) is 3.74. The molecule has 0 heterocycles. The van der Waals surface area contributed by atoms with Crippen LogP contribution in [0.15, 0.2) is 77.7 Å². The number of rotatable bonds is 6. The van der Waals surface area contributed by atoms with Crippen LogP contribution in [0.1, 0.15) is 22.8 Å². The van der Waals surface area contributed by atoms with Crippen molar-refractivity contribution < 1.29 is 9.59 Å². The lowest BCUT2D eigenvalue weighted by atomic mass is 10.1. The first kappa shape index (κ1) is 21.0. The summed E-state index contributed by atoms with van der Waals surface area (Å²) in [7, 11) is 0. The zero-order valence-corrected chi connectivity index (χ0v) is 17.7. The zero-order valence-electron chi connectivity index (χ0n) is 16.1. The largest absolute Gasteiger partial charge is 0.325 e. The summed E-state index contributed by atoms with van der Waals surface area (Å²) in [6.07, 6.45) is 0. The number of halogens is 1. The molecule has 148 valence electrons. The molecule has 3 aromatic rings. The molecular formula is C23H21ClN2O2S. The van der Waals surface area contributed by atoms with Crippen LogP contribution < -0.4 is 10.6 Å². The van der Waals surface area contributed by atoms with Crippen molar-refractivity contribution in [2.75, 3.05) is 10.6 Å². The van der Waals surface area contributed by atoms with Crippen molar-refractivity contribution in [2.45, 2.75) is 24.0 Å². The van der Waals surface area contributed by atoms with Gasteiger partial charge in [-0.2, -0.15) is 0 Å². The second-order valence-corrected chi connectivity index (χ2v) is 8.41. The maximum Gasteiger partial charge on any atom is 0.255 e. The van der Waals surface area contributed by atoms with E-state index in [0.717, 1.165) is 10.5 Å². The maximum atomic E-state index is 12.5. The van der Waals surface area contributed by atoms with E-state index in [1.807, 2.05) is 56.3 Å². The van der Waals surface area contributed by atoms with Gasteiger partial charge in [-0.3, -0.25) is 9.59 Å². The van der Waals surface area contributed by atoms with Crippen LogP contribution in [0.2, 0.25) is 5.02 Å². The van der Waals surface area contributed by atoms with Crippen molar-refractivity contribution in [1.82, 2.24) is 0 Å². The van der Waals surface area contributed by atoms with Gasteiger partial charge in [0.2, 0.25) is 5.91 Å². The van der Waals surface area contributed by atoms with E-state index in [9.17, 15) is 9.59 Å². The molecule has 29 heavy (non-hydrogen) atoms. The quantitative estimate of drug-likeness (QED) is 0.475. The van der Waals surface area contributed by atoms with Gasteiger partial charge in [-0.05, 0) is 61.9 Å². The molecule has 0 aliphatic heterocycles. The Morgan fingerprint density at radius 2 is 1.59 bits per heavy atom. The summed E-state index contributed by atoms with van der Waals surface area (Å²) >= 11 is 7.38. The number of benzene rings is 3. The summed E-state index contributed by atoms with van der Waals surface area (Å²) in [5.41, 5.74) is 2.90. The van der Waals surface area contributed by atoms with Gasteiger partial charge in [0.05, 0.1) is 5.25 Å². The number of anilines is 2. The molecule has 0 fully saturated rings. The molecule has 0 saturated heterocycles. The SMILES string of the molecule is Cc1ccccc1C(=O)Nc1cccc(SC(C)C(=O)Nc2cccc(Cl)c2)c1. The summed E-state index contributed by atoms with van der Waals surface area (Å²) in [6, 6.07) is 22.0. The fraction of sp³-hybridized carbons (Fsp3) is 0.130. The van der Waals surface area contributed by atoms with Crippen LogP contribution in [0, 0.1) is 6.92 Å². The molecule has 4 nitrogen and oxygen atoms in total. The first-order valence-electron chi connectivity index (χ1n) is 9.12. The first-order valence-corrected chi connectivity index (χ1v) is 10.4. The Kier molecular flexibility index (Phi) is 6.96. The van der Waals surface area contributed by atoms with Gasteiger partial charge in [-0.15, -0.1) is 11.8 Å². The number of amides is 2. The Balaban J connectivity index is 1.64. The highest BCUT2D eigenvalue weighted by atomic mass is 35.5. The Bertz CT molecular complexity index is 1040. The third kappa shape index (κ3) is 5.86. The van der Waals surface area contributed by atoms with Gasteiger partial charge in [0.25, 0.3) is 5.91 Å². The molecule has 0 bridgehead atoms. The average Bonchev–Trinajstić information content (AvgIpc) is 2.68. The fourth-order valence-corrected chi connectivity index (χ4v) is 3.86. The Morgan fingerprint density at radius 1 is 0.897 bits per heavy atom.